The van der Waals surface area contributed by atoms with Crippen molar-refractivity contribution in [3.05, 3.63) is 22.4 Å². The van der Waals surface area contributed by atoms with Gasteiger partial charge in [-0.2, -0.15) is 0 Å². The van der Waals surface area contributed by atoms with Crippen molar-refractivity contribution in [3.8, 4) is 0 Å². The van der Waals surface area contributed by atoms with E-state index in [1.807, 2.05) is 11.3 Å². The van der Waals surface area contributed by atoms with E-state index in [1.165, 1.54) is 4.88 Å². The Hall–Kier alpha value is -0.340. The highest BCUT2D eigenvalue weighted by Crippen LogP contribution is 2.61. The van der Waals surface area contributed by atoms with Crippen molar-refractivity contribution < 1.29 is 5.11 Å². The Balaban J connectivity index is 2.31. The maximum Gasteiger partial charge on any atom is 0.0634 e. The number of hydrogen-bond acceptors (Lipinski definition) is 2. The predicted octanol–water partition coefficient (Wildman–Crippen LogP) is 3.65. The van der Waals surface area contributed by atoms with E-state index in [0.29, 0.717) is 11.8 Å². The molecule has 3 atom stereocenters. The van der Waals surface area contributed by atoms with Crippen LogP contribution < -0.4 is 0 Å². The minimum atomic E-state index is -0.111. The van der Waals surface area contributed by atoms with Gasteiger partial charge in [0, 0.05) is 16.2 Å². The van der Waals surface area contributed by atoms with Crippen LogP contribution in [0.4, 0.5) is 0 Å². The van der Waals surface area contributed by atoms with E-state index in [2.05, 4.69) is 38.3 Å². The highest BCUT2D eigenvalue weighted by atomic mass is 32.1. The molecule has 84 valence electrons. The van der Waals surface area contributed by atoms with Crippen molar-refractivity contribution in [2.45, 2.75) is 45.6 Å². The molecule has 1 aliphatic carbocycles. The Morgan fingerprint density at radius 1 is 1.40 bits per heavy atom. The molecule has 1 aliphatic rings. The van der Waals surface area contributed by atoms with E-state index in [0.717, 1.165) is 12.8 Å². The molecule has 0 bridgehead atoms. The normalized spacial score (nSPS) is 33.7. The van der Waals surface area contributed by atoms with Crippen LogP contribution in [0.5, 0.6) is 0 Å². The summed E-state index contributed by atoms with van der Waals surface area (Å²) in [5, 5.41) is 12.3. The summed E-state index contributed by atoms with van der Waals surface area (Å²) in [5.41, 5.74) is 0.143. The Morgan fingerprint density at radius 3 is 2.53 bits per heavy atom. The first-order valence-corrected chi connectivity index (χ1v) is 6.76. The van der Waals surface area contributed by atoms with Crippen molar-refractivity contribution in [1.29, 1.82) is 0 Å². The van der Waals surface area contributed by atoms with Gasteiger partial charge in [-0.05, 0) is 30.2 Å². The van der Waals surface area contributed by atoms with Crippen LogP contribution in [0.25, 0.3) is 0 Å². The van der Waals surface area contributed by atoms with Crippen LogP contribution in [-0.2, 0) is 0 Å². The molecule has 1 nitrogen and oxygen atoms in total. The lowest BCUT2D eigenvalue weighted by Gasteiger charge is -2.58. The molecule has 1 N–H and O–H groups in total. The molecule has 1 aromatic heterocycles. The fourth-order valence-corrected chi connectivity index (χ4v) is 4.48. The number of aliphatic hydroxyl groups excluding tert-OH is 1. The highest BCUT2D eigenvalue weighted by molar-refractivity contribution is 7.10. The molecule has 2 heteroatoms. The molecular formula is C13H20OS. The minimum absolute atomic E-state index is 0.111. The average molecular weight is 224 g/mol. The summed E-state index contributed by atoms with van der Waals surface area (Å²) in [7, 11) is 0. The Labute approximate surface area is 96.1 Å². The van der Waals surface area contributed by atoms with Gasteiger partial charge in [0.1, 0.15) is 0 Å². The zero-order chi connectivity index (χ0) is 11.1. The molecule has 1 heterocycles. The summed E-state index contributed by atoms with van der Waals surface area (Å²) in [6.45, 7) is 6.59. The molecule has 0 aromatic carbocycles. The molecule has 15 heavy (non-hydrogen) atoms. The molecule has 0 amide bonds. The van der Waals surface area contributed by atoms with Gasteiger partial charge in [0.15, 0.2) is 0 Å². The first kappa shape index (κ1) is 11.2. The molecule has 1 fully saturated rings. The Kier molecular flexibility index (Phi) is 2.91. The largest absolute Gasteiger partial charge is 0.392 e. The second-order valence-electron chi connectivity index (χ2n) is 4.74. The standard InChI is InChI=1S/C13H20OS/c1-4-13(5-2)11(9(3)12(13)14)10-7-6-8-15-10/h6-9,11-12,14H,4-5H2,1-3H3. The van der Waals surface area contributed by atoms with E-state index >= 15 is 0 Å². The van der Waals surface area contributed by atoms with Crippen molar-refractivity contribution in [2.24, 2.45) is 11.3 Å². The Morgan fingerprint density at radius 2 is 2.07 bits per heavy atom. The summed E-state index contributed by atoms with van der Waals surface area (Å²) < 4.78 is 0. The quantitative estimate of drug-likeness (QED) is 0.831. The molecule has 0 radical (unpaired) electrons. The van der Waals surface area contributed by atoms with Crippen LogP contribution in [0.1, 0.15) is 44.4 Å². The number of thiophene rings is 1. The first-order valence-electron chi connectivity index (χ1n) is 5.88. The molecule has 3 unspecified atom stereocenters. The summed E-state index contributed by atoms with van der Waals surface area (Å²) in [4.78, 5) is 1.46. The molecule has 0 saturated heterocycles. The van der Waals surface area contributed by atoms with E-state index in [1.54, 1.807) is 0 Å². The molecule has 1 aromatic rings. The minimum Gasteiger partial charge on any atom is -0.392 e. The molecule has 0 spiro atoms. The first-order chi connectivity index (χ1) is 7.17. The zero-order valence-electron chi connectivity index (χ0n) is 9.73. The van der Waals surface area contributed by atoms with E-state index in [4.69, 9.17) is 0 Å². The third-order valence-electron chi connectivity index (χ3n) is 4.40. The van der Waals surface area contributed by atoms with Crippen LogP contribution >= 0.6 is 11.3 Å². The SMILES string of the molecule is CCC1(CC)C(O)C(C)C1c1cccs1. The van der Waals surface area contributed by atoms with Gasteiger partial charge in [-0.25, -0.2) is 0 Å². The van der Waals surface area contributed by atoms with Gasteiger partial charge in [0.05, 0.1) is 6.10 Å². The van der Waals surface area contributed by atoms with E-state index in [9.17, 15) is 5.11 Å². The lowest BCUT2D eigenvalue weighted by atomic mass is 9.49. The second-order valence-corrected chi connectivity index (χ2v) is 5.72. The summed E-state index contributed by atoms with van der Waals surface area (Å²) in [6.07, 6.45) is 2.05. The third-order valence-corrected chi connectivity index (χ3v) is 5.35. The predicted molar refractivity (Wildman–Crippen MR) is 65.2 cm³/mol. The second kappa shape index (κ2) is 3.91. The zero-order valence-corrected chi connectivity index (χ0v) is 10.6. The lowest BCUT2D eigenvalue weighted by Crippen LogP contribution is -2.57. The van der Waals surface area contributed by atoms with Crippen LogP contribution in [0.2, 0.25) is 0 Å². The van der Waals surface area contributed by atoms with Crippen LogP contribution in [0, 0.1) is 11.3 Å². The molecule has 0 aliphatic heterocycles. The summed E-state index contributed by atoms with van der Waals surface area (Å²) in [6, 6.07) is 4.34. The van der Waals surface area contributed by atoms with Gasteiger partial charge < -0.3 is 5.11 Å². The third kappa shape index (κ3) is 1.38. The lowest BCUT2D eigenvalue weighted by molar-refractivity contribution is -0.141. The van der Waals surface area contributed by atoms with Crippen molar-refractivity contribution in [3.63, 3.8) is 0 Å². The van der Waals surface area contributed by atoms with Crippen LogP contribution in [0.15, 0.2) is 17.5 Å². The van der Waals surface area contributed by atoms with Crippen molar-refractivity contribution in [1.82, 2.24) is 0 Å². The number of hydrogen-bond donors (Lipinski definition) is 1. The number of aliphatic hydroxyl groups is 1. The van der Waals surface area contributed by atoms with Gasteiger partial charge in [-0.15, -0.1) is 11.3 Å². The maximum absolute atomic E-state index is 10.2. The van der Waals surface area contributed by atoms with Gasteiger partial charge in [0.2, 0.25) is 0 Å². The van der Waals surface area contributed by atoms with Gasteiger partial charge in [-0.3, -0.25) is 0 Å². The number of rotatable bonds is 3. The topological polar surface area (TPSA) is 20.2 Å². The van der Waals surface area contributed by atoms with E-state index in [-0.39, 0.29) is 11.5 Å². The Bertz CT molecular complexity index is 313. The summed E-state index contributed by atoms with van der Waals surface area (Å²) >= 11 is 1.83. The molecule has 1 saturated carbocycles. The van der Waals surface area contributed by atoms with Gasteiger partial charge in [-0.1, -0.05) is 26.8 Å². The van der Waals surface area contributed by atoms with Gasteiger partial charge >= 0.3 is 0 Å². The molecule has 2 rings (SSSR count). The molecular weight excluding hydrogens is 204 g/mol. The van der Waals surface area contributed by atoms with Crippen molar-refractivity contribution >= 4 is 11.3 Å². The smallest absolute Gasteiger partial charge is 0.0634 e. The highest BCUT2D eigenvalue weighted by Gasteiger charge is 2.57. The van der Waals surface area contributed by atoms with E-state index < -0.39 is 0 Å². The van der Waals surface area contributed by atoms with Gasteiger partial charge in [0.25, 0.3) is 0 Å². The fraction of sp³-hybridized carbons (Fsp3) is 0.692. The van der Waals surface area contributed by atoms with Crippen molar-refractivity contribution in [2.75, 3.05) is 0 Å². The summed E-state index contributed by atoms with van der Waals surface area (Å²) in [5.74, 6) is 0.992. The monoisotopic (exact) mass is 224 g/mol. The fourth-order valence-electron chi connectivity index (χ4n) is 3.41. The maximum atomic E-state index is 10.2. The average Bonchev–Trinajstić information content (AvgIpc) is 2.77. The van der Waals surface area contributed by atoms with Crippen LogP contribution in [-0.4, -0.2) is 11.2 Å². The van der Waals surface area contributed by atoms with Crippen LogP contribution in [0.3, 0.4) is 0 Å².